The molecular formula is C17H23NOS. The predicted molar refractivity (Wildman–Crippen MR) is 89.9 cm³/mol. The molecule has 0 bridgehead atoms. The van der Waals surface area contributed by atoms with Crippen molar-refractivity contribution in [3.63, 3.8) is 0 Å². The summed E-state index contributed by atoms with van der Waals surface area (Å²) in [6, 6.07) is 13.2. The Morgan fingerprint density at radius 2 is 1.80 bits per heavy atom. The molecule has 0 aromatic heterocycles. The number of thioether (sulfide) groups is 1. The van der Waals surface area contributed by atoms with E-state index in [4.69, 9.17) is 4.74 Å². The molecule has 2 aromatic carbocycles. The van der Waals surface area contributed by atoms with Crippen LogP contribution in [0.3, 0.4) is 0 Å². The largest absolute Gasteiger partial charge is 0.497 e. The van der Waals surface area contributed by atoms with Crippen LogP contribution >= 0.6 is 11.8 Å². The Labute approximate surface area is 125 Å². The Hall–Kier alpha value is -1.19. The van der Waals surface area contributed by atoms with Gasteiger partial charge in [0.25, 0.3) is 0 Å². The van der Waals surface area contributed by atoms with Crippen LogP contribution in [0.4, 0.5) is 0 Å². The first-order valence-electron chi connectivity index (χ1n) is 6.98. The molecule has 0 aliphatic rings. The van der Waals surface area contributed by atoms with Crippen LogP contribution in [-0.2, 0) is 0 Å². The number of hydrogen-bond acceptors (Lipinski definition) is 3. The van der Waals surface area contributed by atoms with Gasteiger partial charge in [0.2, 0.25) is 0 Å². The standard InChI is InChI=1S/C17H23NOS/c1-12(20-4)11-18-13(2)14-5-6-16-10-17(19-3)8-7-15(16)9-14/h5-10,12-13,18H,11H2,1-4H3. The average molecular weight is 289 g/mol. The van der Waals surface area contributed by atoms with Crippen molar-refractivity contribution >= 4 is 22.5 Å². The summed E-state index contributed by atoms with van der Waals surface area (Å²) in [6.07, 6.45) is 2.15. The highest BCUT2D eigenvalue weighted by Crippen LogP contribution is 2.24. The van der Waals surface area contributed by atoms with E-state index in [-0.39, 0.29) is 0 Å². The van der Waals surface area contributed by atoms with Crippen molar-refractivity contribution in [2.45, 2.75) is 25.1 Å². The number of fused-ring (bicyclic) bond motifs is 1. The maximum absolute atomic E-state index is 5.26. The highest BCUT2D eigenvalue weighted by molar-refractivity contribution is 7.99. The number of methoxy groups -OCH3 is 1. The lowest BCUT2D eigenvalue weighted by Crippen LogP contribution is -2.25. The van der Waals surface area contributed by atoms with Crippen molar-refractivity contribution in [1.29, 1.82) is 0 Å². The van der Waals surface area contributed by atoms with Gasteiger partial charge in [0.1, 0.15) is 5.75 Å². The van der Waals surface area contributed by atoms with E-state index in [9.17, 15) is 0 Å². The summed E-state index contributed by atoms with van der Waals surface area (Å²) in [6.45, 7) is 5.50. The molecule has 0 saturated heterocycles. The van der Waals surface area contributed by atoms with E-state index in [0.717, 1.165) is 12.3 Å². The third-order valence-corrected chi connectivity index (χ3v) is 4.66. The van der Waals surface area contributed by atoms with Gasteiger partial charge < -0.3 is 10.1 Å². The molecule has 108 valence electrons. The molecule has 3 heteroatoms. The summed E-state index contributed by atoms with van der Waals surface area (Å²) in [5.41, 5.74) is 1.33. The van der Waals surface area contributed by atoms with Crippen LogP contribution in [0.25, 0.3) is 10.8 Å². The van der Waals surface area contributed by atoms with E-state index < -0.39 is 0 Å². The van der Waals surface area contributed by atoms with Crippen molar-refractivity contribution in [1.82, 2.24) is 5.32 Å². The first kappa shape index (κ1) is 15.2. The lowest BCUT2D eigenvalue weighted by Gasteiger charge is -2.17. The van der Waals surface area contributed by atoms with Crippen LogP contribution in [0.2, 0.25) is 0 Å². The minimum atomic E-state index is 0.371. The fraction of sp³-hybridized carbons (Fsp3) is 0.412. The molecule has 0 amide bonds. The number of nitrogens with one attached hydrogen (secondary N) is 1. The zero-order valence-corrected chi connectivity index (χ0v) is 13.5. The second kappa shape index (κ2) is 7.00. The first-order chi connectivity index (χ1) is 9.63. The molecule has 0 radical (unpaired) electrons. The SMILES string of the molecule is COc1ccc2cc(C(C)NCC(C)SC)ccc2c1. The second-order valence-corrected chi connectivity index (χ2v) is 6.42. The smallest absolute Gasteiger partial charge is 0.119 e. The van der Waals surface area contributed by atoms with Crippen molar-refractivity contribution in [2.24, 2.45) is 0 Å². The number of hydrogen-bond donors (Lipinski definition) is 1. The molecule has 2 nitrogen and oxygen atoms in total. The zero-order chi connectivity index (χ0) is 14.5. The summed E-state index contributed by atoms with van der Waals surface area (Å²) in [7, 11) is 1.70. The third-order valence-electron chi connectivity index (χ3n) is 3.69. The van der Waals surface area contributed by atoms with Gasteiger partial charge in [0.05, 0.1) is 7.11 Å². The van der Waals surface area contributed by atoms with Crippen LogP contribution in [0.15, 0.2) is 36.4 Å². The molecule has 2 atom stereocenters. The highest BCUT2D eigenvalue weighted by atomic mass is 32.2. The molecule has 0 fully saturated rings. The first-order valence-corrected chi connectivity index (χ1v) is 8.26. The maximum atomic E-state index is 5.26. The van der Waals surface area contributed by atoms with E-state index in [1.54, 1.807) is 7.11 Å². The van der Waals surface area contributed by atoms with Gasteiger partial charge in [-0.3, -0.25) is 0 Å². The van der Waals surface area contributed by atoms with Gasteiger partial charge >= 0.3 is 0 Å². The van der Waals surface area contributed by atoms with Gasteiger partial charge in [-0.05, 0) is 47.7 Å². The second-order valence-electron chi connectivity index (χ2n) is 5.15. The Morgan fingerprint density at radius 3 is 2.50 bits per heavy atom. The third kappa shape index (κ3) is 3.68. The monoisotopic (exact) mass is 289 g/mol. The van der Waals surface area contributed by atoms with Gasteiger partial charge in [0.15, 0.2) is 0 Å². The highest BCUT2D eigenvalue weighted by Gasteiger charge is 2.08. The zero-order valence-electron chi connectivity index (χ0n) is 12.6. The Morgan fingerprint density at radius 1 is 1.10 bits per heavy atom. The molecule has 20 heavy (non-hydrogen) atoms. The predicted octanol–water partition coefficient (Wildman–Crippen LogP) is 4.25. The lowest BCUT2D eigenvalue weighted by atomic mass is 10.0. The van der Waals surface area contributed by atoms with Gasteiger partial charge in [0, 0.05) is 17.8 Å². The van der Waals surface area contributed by atoms with Crippen molar-refractivity contribution < 1.29 is 4.74 Å². The Balaban J connectivity index is 2.14. The molecular weight excluding hydrogens is 266 g/mol. The van der Waals surface area contributed by atoms with E-state index in [1.165, 1.54) is 16.3 Å². The summed E-state index contributed by atoms with van der Waals surface area (Å²) < 4.78 is 5.26. The number of benzene rings is 2. The van der Waals surface area contributed by atoms with Crippen LogP contribution in [-0.4, -0.2) is 25.2 Å². The quantitative estimate of drug-likeness (QED) is 0.859. The van der Waals surface area contributed by atoms with Gasteiger partial charge in [-0.1, -0.05) is 25.1 Å². The minimum absolute atomic E-state index is 0.371. The maximum Gasteiger partial charge on any atom is 0.119 e. The number of rotatable bonds is 6. The normalized spacial score (nSPS) is 14.2. The van der Waals surface area contributed by atoms with Crippen molar-refractivity contribution in [3.05, 3.63) is 42.0 Å². The molecule has 1 N–H and O–H groups in total. The lowest BCUT2D eigenvalue weighted by molar-refractivity contribution is 0.415. The molecule has 0 heterocycles. The van der Waals surface area contributed by atoms with Crippen LogP contribution in [0.1, 0.15) is 25.5 Å². The summed E-state index contributed by atoms with van der Waals surface area (Å²) in [5.74, 6) is 0.908. The van der Waals surface area contributed by atoms with Gasteiger partial charge in [-0.15, -0.1) is 0 Å². The molecule has 2 aromatic rings. The average Bonchev–Trinajstić information content (AvgIpc) is 2.50. The van der Waals surface area contributed by atoms with E-state index in [2.05, 4.69) is 55.8 Å². The topological polar surface area (TPSA) is 21.3 Å². The fourth-order valence-electron chi connectivity index (χ4n) is 2.18. The molecule has 0 aliphatic heterocycles. The van der Waals surface area contributed by atoms with Gasteiger partial charge in [-0.25, -0.2) is 0 Å². The number of ether oxygens (including phenoxy) is 1. The summed E-state index contributed by atoms with van der Waals surface area (Å²) in [4.78, 5) is 0. The summed E-state index contributed by atoms with van der Waals surface area (Å²) in [5, 5.41) is 6.71. The van der Waals surface area contributed by atoms with E-state index >= 15 is 0 Å². The van der Waals surface area contributed by atoms with Crippen LogP contribution in [0, 0.1) is 0 Å². The molecule has 2 rings (SSSR count). The van der Waals surface area contributed by atoms with Crippen molar-refractivity contribution in [2.75, 3.05) is 19.9 Å². The Bertz CT molecular complexity index is 570. The van der Waals surface area contributed by atoms with Gasteiger partial charge in [-0.2, -0.15) is 11.8 Å². The minimum Gasteiger partial charge on any atom is -0.497 e. The van der Waals surface area contributed by atoms with Crippen molar-refractivity contribution in [3.8, 4) is 5.75 Å². The summed E-state index contributed by atoms with van der Waals surface area (Å²) >= 11 is 1.89. The van der Waals surface area contributed by atoms with E-state index in [0.29, 0.717) is 11.3 Å². The molecule has 0 saturated carbocycles. The molecule has 0 spiro atoms. The molecule has 2 unspecified atom stereocenters. The molecule has 0 aliphatic carbocycles. The Kier molecular flexibility index (Phi) is 5.32. The van der Waals surface area contributed by atoms with Crippen LogP contribution < -0.4 is 10.1 Å². The van der Waals surface area contributed by atoms with E-state index in [1.807, 2.05) is 17.8 Å². The van der Waals surface area contributed by atoms with Crippen LogP contribution in [0.5, 0.6) is 5.75 Å². The fourth-order valence-corrected chi connectivity index (χ4v) is 2.45.